The third kappa shape index (κ3) is 6.04. The molecular formula is C13H14F3N3OS. The lowest BCUT2D eigenvalue weighted by Crippen LogP contribution is -2.27. The van der Waals surface area contributed by atoms with Gasteiger partial charge in [0, 0.05) is 32.0 Å². The molecule has 0 saturated heterocycles. The molecule has 0 unspecified atom stereocenters. The predicted molar refractivity (Wildman–Crippen MR) is 72.4 cm³/mol. The van der Waals surface area contributed by atoms with Crippen LogP contribution in [0, 0.1) is 11.3 Å². The summed E-state index contributed by atoms with van der Waals surface area (Å²) in [6.07, 6.45) is -3.09. The van der Waals surface area contributed by atoms with Crippen LogP contribution in [0.3, 0.4) is 0 Å². The van der Waals surface area contributed by atoms with E-state index in [1.807, 2.05) is 6.07 Å². The van der Waals surface area contributed by atoms with Crippen molar-refractivity contribution in [2.45, 2.75) is 24.0 Å². The SMILES string of the molecule is CN(CCC#N)C(=O)CCSc1ccc(C(F)(F)F)cn1. The number of rotatable bonds is 6. The quantitative estimate of drug-likeness (QED) is 0.757. The molecule has 21 heavy (non-hydrogen) atoms. The number of hydrogen-bond acceptors (Lipinski definition) is 4. The largest absolute Gasteiger partial charge is 0.417 e. The number of nitrogens with zero attached hydrogens (tertiary/aromatic N) is 3. The zero-order valence-corrected chi connectivity index (χ0v) is 12.2. The van der Waals surface area contributed by atoms with Gasteiger partial charge in [0.05, 0.1) is 23.1 Å². The van der Waals surface area contributed by atoms with Crippen LogP contribution in [0.5, 0.6) is 0 Å². The van der Waals surface area contributed by atoms with Gasteiger partial charge < -0.3 is 4.90 Å². The highest BCUT2D eigenvalue weighted by Gasteiger charge is 2.30. The van der Waals surface area contributed by atoms with Crippen molar-refractivity contribution in [3.05, 3.63) is 23.9 Å². The molecular weight excluding hydrogens is 303 g/mol. The number of carbonyl (C=O) groups excluding carboxylic acids is 1. The first-order valence-electron chi connectivity index (χ1n) is 6.11. The molecule has 0 aliphatic rings. The van der Waals surface area contributed by atoms with Gasteiger partial charge in [0.1, 0.15) is 0 Å². The molecule has 0 spiro atoms. The van der Waals surface area contributed by atoms with Crippen molar-refractivity contribution in [2.75, 3.05) is 19.3 Å². The van der Waals surface area contributed by atoms with E-state index in [0.29, 0.717) is 17.3 Å². The van der Waals surface area contributed by atoms with Crippen LogP contribution in [-0.2, 0) is 11.0 Å². The molecule has 1 amide bonds. The number of nitriles is 1. The van der Waals surface area contributed by atoms with E-state index < -0.39 is 11.7 Å². The Morgan fingerprint density at radius 3 is 2.71 bits per heavy atom. The van der Waals surface area contributed by atoms with E-state index >= 15 is 0 Å². The second kappa shape index (κ2) is 7.88. The minimum atomic E-state index is -4.39. The minimum absolute atomic E-state index is 0.107. The van der Waals surface area contributed by atoms with Gasteiger partial charge in [0.25, 0.3) is 0 Å². The lowest BCUT2D eigenvalue weighted by molar-refractivity contribution is -0.137. The van der Waals surface area contributed by atoms with E-state index in [0.717, 1.165) is 12.3 Å². The smallest absolute Gasteiger partial charge is 0.345 e. The molecule has 1 aromatic heterocycles. The van der Waals surface area contributed by atoms with E-state index in [2.05, 4.69) is 4.98 Å². The first-order chi connectivity index (χ1) is 9.84. The van der Waals surface area contributed by atoms with Crippen LogP contribution >= 0.6 is 11.8 Å². The maximum absolute atomic E-state index is 12.3. The molecule has 114 valence electrons. The Morgan fingerprint density at radius 2 is 2.19 bits per heavy atom. The summed E-state index contributed by atoms with van der Waals surface area (Å²) in [7, 11) is 1.61. The number of amides is 1. The highest BCUT2D eigenvalue weighted by molar-refractivity contribution is 7.99. The summed E-state index contributed by atoms with van der Waals surface area (Å²) in [5.41, 5.74) is -0.792. The van der Waals surface area contributed by atoms with Crippen LogP contribution in [0.25, 0.3) is 0 Å². The van der Waals surface area contributed by atoms with Crippen molar-refractivity contribution in [3.8, 4) is 6.07 Å². The van der Waals surface area contributed by atoms with Gasteiger partial charge in [0.2, 0.25) is 5.91 Å². The van der Waals surface area contributed by atoms with E-state index in [4.69, 9.17) is 5.26 Å². The van der Waals surface area contributed by atoms with Gasteiger partial charge in [-0.3, -0.25) is 4.79 Å². The Balaban J connectivity index is 2.39. The number of pyridine rings is 1. The molecule has 0 fully saturated rings. The second-order valence-electron chi connectivity index (χ2n) is 4.20. The molecule has 4 nitrogen and oxygen atoms in total. The fraction of sp³-hybridized carbons (Fsp3) is 0.462. The number of aromatic nitrogens is 1. The Kier molecular flexibility index (Phi) is 6.49. The highest BCUT2D eigenvalue weighted by Crippen LogP contribution is 2.29. The normalized spacial score (nSPS) is 11.0. The van der Waals surface area contributed by atoms with E-state index in [1.165, 1.54) is 22.7 Å². The highest BCUT2D eigenvalue weighted by atomic mass is 32.2. The Hall–Kier alpha value is -1.75. The van der Waals surface area contributed by atoms with Crippen molar-refractivity contribution in [1.82, 2.24) is 9.88 Å². The molecule has 0 N–H and O–H groups in total. The standard InChI is InChI=1S/C13H14F3N3OS/c1-19(7-2-6-17)12(20)5-8-21-11-4-3-10(9-18-11)13(14,15)16/h3-4,9H,2,5,7-8H2,1H3. The zero-order valence-electron chi connectivity index (χ0n) is 11.4. The molecule has 0 saturated carbocycles. The summed E-state index contributed by atoms with van der Waals surface area (Å²) in [4.78, 5) is 16.8. The van der Waals surface area contributed by atoms with Crippen molar-refractivity contribution in [2.24, 2.45) is 0 Å². The van der Waals surface area contributed by atoms with Crippen LogP contribution in [-0.4, -0.2) is 35.1 Å². The van der Waals surface area contributed by atoms with Crippen LogP contribution in [0.2, 0.25) is 0 Å². The molecule has 0 bridgehead atoms. The molecule has 8 heteroatoms. The third-order valence-electron chi connectivity index (χ3n) is 2.61. The molecule has 1 heterocycles. The van der Waals surface area contributed by atoms with Crippen LogP contribution in [0.15, 0.2) is 23.4 Å². The summed E-state index contributed by atoms with van der Waals surface area (Å²) < 4.78 is 37.0. The summed E-state index contributed by atoms with van der Waals surface area (Å²) in [6.45, 7) is 0.374. The van der Waals surface area contributed by atoms with Gasteiger partial charge in [-0.1, -0.05) is 0 Å². The number of thioether (sulfide) groups is 1. The van der Waals surface area contributed by atoms with Crippen molar-refractivity contribution in [3.63, 3.8) is 0 Å². The third-order valence-corrected chi connectivity index (χ3v) is 3.56. The number of hydrogen-bond donors (Lipinski definition) is 0. The zero-order chi connectivity index (χ0) is 15.9. The lowest BCUT2D eigenvalue weighted by Gasteiger charge is -2.14. The number of carbonyl (C=O) groups is 1. The van der Waals surface area contributed by atoms with Gasteiger partial charge in [0.15, 0.2) is 0 Å². The fourth-order valence-electron chi connectivity index (χ4n) is 1.41. The summed E-state index contributed by atoms with van der Waals surface area (Å²) in [5, 5.41) is 8.86. The van der Waals surface area contributed by atoms with Crippen molar-refractivity contribution >= 4 is 17.7 Å². The number of halogens is 3. The van der Waals surface area contributed by atoms with Crippen molar-refractivity contribution < 1.29 is 18.0 Å². The maximum atomic E-state index is 12.3. The summed E-state index contributed by atoms with van der Waals surface area (Å²) >= 11 is 1.22. The van der Waals surface area contributed by atoms with Crippen LogP contribution < -0.4 is 0 Å². The van der Waals surface area contributed by atoms with E-state index in [9.17, 15) is 18.0 Å². The Bertz CT molecular complexity index is 511. The molecule has 1 rings (SSSR count). The average Bonchev–Trinajstić information content (AvgIpc) is 2.44. The van der Waals surface area contributed by atoms with Gasteiger partial charge in [-0.25, -0.2) is 4.98 Å². The van der Waals surface area contributed by atoms with Crippen LogP contribution in [0.4, 0.5) is 13.2 Å². The molecule has 0 aromatic carbocycles. The van der Waals surface area contributed by atoms with Gasteiger partial charge in [-0.15, -0.1) is 11.8 Å². The van der Waals surface area contributed by atoms with Crippen LogP contribution in [0.1, 0.15) is 18.4 Å². The number of alkyl halides is 3. The first-order valence-corrected chi connectivity index (χ1v) is 7.10. The fourth-order valence-corrected chi connectivity index (χ4v) is 2.19. The first kappa shape index (κ1) is 17.3. The summed E-state index contributed by atoms with van der Waals surface area (Å²) in [5.74, 6) is 0.318. The lowest BCUT2D eigenvalue weighted by atomic mass is 10.3. The Labute approximate surface area is 125 Å². The summed E-state index contributed by atoms with van der Waals surface area (Å²) in [6, 6.07) is 4.21. The van der Waals surface area contributed by atoms with Gasteiger partial charge >= 0.3 is 6.18 Å². The molecule has 0 aliphatic carbocycles. The topological polar surface area (TPSA) is 57.0 Å². The molecule has 0 aliphatic heterocycles. The van der Waals surface area contributed by atoms with Gasteiger partial charge in [-0.05, 0) is 12.1 Å². The van der Waals surface area contributed by atoms with E-state index in [-0.39, 0.29) is 18.7 Å². The predicted octanol–water partition coefficient (Wildman–Crippen LogP) is 2.95. The second-order valence-corrected chi connectivity index (χ2v) is 5.32. The Morgan fingerprint density at radius 1 is 1.48 bits per heavy atom. The molecule has 0 atom stereocenters. The maximum Gasteiger partial charge on any atom is 0.417 e. The van der Waals surface area contributed by atoms with E-state index in [1.54, 1.807) is 7.05 Å². The van der Waals surface area contributed by atoms with Gasteiger partial charge in [-0.2, -0.15) is 18.4 Å². The average molecular weight is 317 g/mol. The monoisotopic (exact) mass is 317 g/mol. The van der Waals surface area contributed by atoms with Crippen molar-refractivity contribution in [1.29, 1.82) is 5.26 Å². The minimum Gasteiger partial charge on any atom is -0.345 e. The molecule has 1 aromatic rings. The molecule has 0 radical (unpaired) electrons.